The van der Waals surface area contributed by atoms with Gasteiger partial charge in [-0.05, 0) is 18.1 Å². The zero-order valence-electron chi connectivity index (χ0n) is 12.6. The minimum absolute atomic E-state index is 0.0910. The van der Waals surface area contributed by atoms with Crippen molar-refractivity contribution in [3.63, 3.8) is 0 Å². The highest BCUT2D eigenvalue weighted by Crippen LogP contribution is 2.26. The van der Waals surface area contributed by atoms with Crippen molar-refractivity contribution in [3.05, 3.63) is 41.0 Å². The number of hydrogen-bond donors (Lipinski definition) is 3. The first-order valence-corrected chi connectivity index (χ1v) is 7.66. The molecule has 1 aromatic heterocycles. The number of benzene rings is 1. The molecule has 3 N–H and O–H groups in total. The van der Waals surface area contributed by atoms with E-state index in [-0.39, 0.29) is 24.5 Å². The Hall–Kier alpha value is -1.85. The number of rotatable bonds is 6. The normalized spacial score (nSPS) is 13.6. The van der Waals surface area contributed by atoms with Crippen molar-refractivity contribution in [1.82, 2.24) is 15.5 Å². The quantitative estimate of drug-likeness (QED) is 0.765. The molecule has 1 amide bonds. The number of carbonyl (C=O) groups is 1. The van der Waals surface area contributed by atoms with Crippen LogP contribution in [0.4, 0.5) is 0 Å². The molecule has 0 radical (unpaired) electrons. The van der Waals surface area contributed by atoms with E-state index in [9.17, 15) is 9.90 Å². The molecule has 1 heterocycles. The number of carbonyl (C=O) groups excluding carboxylic acids is 1. The van der Waals surface area contributed by atoms with Gasteiger partial charge in [-0.25, -0.2) is 0 Å². The molecule has 0 spiro atoms. The molecule has 0 aliphatic carbocycles. The van der Waals surface area contributed by atoms with Crippen molar-refractivity contribution < 1.29 is 9.90 Å². The van der Waals surface area contributed by atoms with Gasteiger partial charge in [0.1, 0.15) is 5.69 Å². The first kappa shape index (κ1) is 16.5. The third-order valence-electron chi connectivity index (χ3n) is 3.82. The molecule has 2 rings (SSSR count). The molecule has 118 valence electrons. The Balaban J connectivity index is 2.14. The van der Waals surface area contributed by atoms with Gasteiger partial charge in [-0.1, -0.05) is 50.1 Å². The summed E-state index contributed by atoms with van der Waals surface area (Å²) in [5.74, 6) is -0.0925. The Bertz CT molecular complexity index is 642. The summed E-state index contributed by atoms with van der Waals surface area (Å²) in [7, 11) is 0. The predicted molar refractivity (Wildman–Crippen MR) is 86.8 cm³/mol. The van der Waals surface area contributed by atoms with Crippen LogP contribution in [0.15, 0.2) is 30.3 Å². The summed E-state index contributed by atoms with van der Waals surface area (Å²) in [4.78, 5) is 12.2. The fourth-order valence-electron chi connectivity index (χ4n) is 2.14. The monoisotopic (exact) mass is 321 g/mol. The van der Waals surface area contributed by atoms with Crippen LogP contribution in [-0.4, -0.2) is 33.9 Å². The summed E-state index contributed by atoms with van der Waals surface area (Å²) in [5, 5.41) is 19.6. The number of amides is 1. The largest absolute Gasteiger partial charge is 0.394 e. The number of nitrogens with one attached hydrogen (secondary N) is 2. The van der Waals surface area contributed by atoms with Gasteiger partial charge in [0.15, 0.2) is 0 Å². The van der Waals surface area contributed by atoms with E-state index in [1.54, 1.807) is 12.1 Å². The second-order valence-corrected chi connectivity index (χ2v) is 5.70. The van der Waals surface area contributed by atoms with Gasteiger partial charge < -0.3 is 10.4 Å². The fraction of sp³-hybridized carbons (Fsp3) is 0.375. The Labute approximate surface area is 134 Å². The number of H-pyrrole nitrogens is 1. The zero-order valence-corrected chi connectivity index (χ0v) is 13.4. The average Bonchev–Trinajstić information content (AvgIpc) is 3.02. The molecule has 0 aliphatic rings. The highest BCUT2D eigenvalue weighted by molar-refractivity contribution is 6.33. The second-order valence-electron chi connectivity index (χ2n) is 5.29. The SMILES string of the molecule is CCC(C)C(CO)NC(=O)c1cc(-c2ccccc2Cl)n[nH]1. The van der Waals surface area contributed by atoms with Crippen LogP contribution >= 0.6 is 11.6 Å². The number of aromatic nitrogens is 2. The van der Waals surface area contributed by atoms with Crippen LogP contribution in [0.1, 0.15) is 30.8 Å². The maximum atomic E-state index is 12.2. The lowest BCUT2D eigenvalue weighted by atomic mass is 10.00. The first-order valence-electron chi connectivity index (χ1n) is 7.28. The van der Waals surface area contributed by atoms with Gasteiger partial charge in [0.05, 0.1) is 23.4 Å². The van der Waals surface area contributed by atoms with Crippen molar-refractivity contribution in [2.24, 2.45) is 5.92 Å². The number of aromatic amines is 1. The molecule has 0 fully saturated rings. The van der Waals surface area contributed by atoms with Crippen molar-refractivity contribution >= 4 is 17.5 Å². The number of halogens is 1. The van der Waals surface area contributed by atoms with Crippen molar-refractivity contribution in [2.45, 2.75) is 26.3 Å². The molecule has 6 heteroatoms. The molecule has 22 heavy (non-hydrogen) atoms. The van der Waals surface area contributed by atoms with Crippen molar-refractivity contribution in [3.8, 4) is 11.3 Å². The van der Waals surface area contributed by atoms with Gasteiger partial charge in [0.2, 0.25) is 0 Å². The molecule has 1 aromatic carbocycles. The van der Waals surface area contributed by atoms with Gasteiger partial charge >= 0.3 is 0 Å². The summed E-state index contributed by atoms with van der Waals surface area (Å²) in [6.07, 6.45) is 0.874. The first-order chi connectivity index (χ1) is 10.6. The molecular weight excluding hydrogens is 302 g/mol. The van der Waals surface area contributed by atoms with Crippen LogP contribution < -0.4 is 5.32 Å². The smallest absolute Gasteiger partial charge is 0.269 e. The molecule has 2 aromatic rings. The fourth-order valence-corrected chi connectivity index (χ4v) is 2.38. The highest BCUT2D eigenvalue weighted by Gasteiger charge is 2.20. The molecular formula is C16H20ClN3O2. The van der Waals surface area contributed by atoms with Crippen LogP contribution in [-0.2, 0) is 0 Å². The summed E-state index contributed by atoms with van der Waals surface area (Å²) in [6.45, 7) is 3.92. The Kier molecular flexibility index (Phi) is 5.57. The maximum Gasteiger partial charge on any atom is 0.269 e. The Morgan fingerprint density at radius 2 is 2.18 bits per heavy atom. The van der Waals surface area contributed by atoms with Crippen LogP contribution in [0.2, 0.25) is 5.02 Å². The van der Waals surface area contributed by atoms with Gasteiger partial charge in [0, 0.05) is 5.56 Å². The summed E-state index contributed by atoms with van der Waals surface area (Å²) in [5.41, 5.74) is 1.72. The number of nitrogens with zero attached hydrogens (tertiary/aromatic N) is 1. The summed E-state index contributed by atoms with van der Waals surface area (Å²) in [6, 6.07) is 8.70. The van der Waals surface area contributed by atoms with E-state index < -0.39 is 0 Å². The van der Waals surface area contributed by atoms with E-state index in [4.69, 9.17) is 11.6 Å². The van der Waals surface area contributed by atoms with Gasteiger partial charge in [-0.3, -0.25) is 9.89 Å². The van der Waals surface area contributed by atoms with Gasteiger partial charge in [-0.2, -0.15) is 5.10 Å². The summed E-state index contributed by atoms with van der Waals surface area (Å²) < 4.78 is 0. The summed E-state index contributed by atoms with van der Waals surface area (Å²) >= 11 is 6.13. The minimum atomic E-state index is -0.287. The minimum Gasteiger partial charge on any atom is -0.394 e. The van der Waals surface area contributed by atoms with E-state index in [0.29, 0.717) is 16.4 Å². The molecule has 5 nitrogen and oxygen atoms in total. The van der Waals surface area contributed by atoms with Crippen LogP contribution in [0, 0.1) is 5.92 Å². The number of hydrogen-bond acceptors (Lipinski definition) is 3. The highest BCUT2D eigenvalue weighted by atomic mass is 35.5. The number of aliphatic hydroxyl groups is 1. The third-order valence-corrected chi connectivity index (χ3v) is 4.15. The van der Waals surface area contributed by atoms with E-state index in [2.05, 4.69) is 15.5 Å². The Morgan fingerprint density at radius 3 is 2.82 bits per heavy atom. The molecule has 2 unspecified atom stereocenters. The van der Waals surface area contributed by atoms with Gasteiger partial charge in [-0.15, -0.1) is 0 Å². The zero-order chi connectivity index (χ0) is 16.1. The van der Waals surface area contributed by atoms with E-state index in [1.807, 2.05) is 32.0 Å². The molecule has 0 saturated heterocycles. The van der Waals surface area contributed by atoms with Crippen LogP contribution in [0.5, 0.6) is 0 Å². The van der Waals surface area contributed by atoms with Crippen LogP contribution in [0.3, 0.4) is 0 Å². The van der Waals surface area contributed by atoms with Crippen LogP contribution in [0.25, 0.3) is 11.3 Å². The maximum absolute atomic E-state index is 12.2. The van der Waals surface area contributed by atoms with Gasteiger partial charge in [0.25, 0.3) is 5.91 Å². The predicted octanol–water partition coefficient (Wildman–Crippen LogP) is 2.87. The van der Waals surface area contributed by atoms with E-state index >= 15 is 0 Å². The van der Waals surface area contributed by atoms with E-state index in [1.165, 1.54) is 0 Å². The lowest BCUT2D eigenvalue weighted by Crippen LogP contribution is -2.42. The molecule has 0 saturated carbocycles. The van der Waals surface area contributed by atoms with E-state index in [0.717, 1.165) is 12.0 Å². The average molecular weight is 322 g/mol. The lowest BCUT2D eigenvalue weighted by molar-refractivity contribution is 0.0886. The third kappa shape index (κ3) is 3.67. The second kappa shape index (κ2) is 7.42. The number of aliphatic hydroxyl groups excluding tert-OH is 1. The van der Waals surface area contributed by atoms with Crippen molar-refractivity contribution in [1.29, 1.82) is 0 Å². The topological polar surface area (TPSA) is 78.0 Å². The standard InChI is InChI=1S/C16H20ClN3O2/c1-3-10(2)15(9-21)18-16(22)14-8-13(19-20-14)11-6-4-5-7-12(11)17/h4-8,10,15,21H,3,9H2,1-2H3,(H,18,22)(H,19,20). The molecule has 2 atom stereocenters. The molecule has 0 aliphatic heterocycles. The van der Waals surface area contributed by atoms with Crippen molar-refractivity contribution in [2.75, 3.05) is 6.61 Å². The molecule has 0 bridgehead atoms. The Morgan fingerprint density at radius 1 is 1.45 bits per heavy atom. The lowest BCUT2D eigenvalue weighted by Gasteiger charge is -2.21.